The molecular weight excluding hydrogens is 368 g/mol. The monoisotopic (exact) mass is 391 g/mol. The minimum absolute atomic E-state index is 0.0707. The summed E-state index contributed by atoms with van der Waals surface area (Å²) < 4.78 is 37.3. The number of carbonyl (C=O) groups is 1. The van der Waals surface area contributed by atoms with E-state index in [2.05, 4.69) is 15.5 Å². The normalized spacial score (nSPS) is 15.7. The van der Waals surface area contributed by atoms with Crippen LogP contribution in [-0.4, -0.2) is 50.9 Å². The van der Waals surface area contributed by atoms with E-state index in [0.717, 1.165) is 36.5 Å². The van der Waals surface area contributed by atoms with E-state index in [4.69, 9.17) is 9.47 Å². The number of anilines is 1. The zero-order chi connectivity index (χ0) is 19.9. The maximum atomic E-state index is 13.7. The van der Waals surface area contributed by atoms with E-state index in [9.17, 15) is 13.6 Å². The molecule has 2 aromatic rings. The van der Waals surface area contributed by atoms with Crippen molar-refractivity contribution in [2.75, 3.05) is 45.3 Å². The number of ether oxygens (including phenoxy) is 2. The molecule has 150 valence electrons. The molecule has 28 heavy (non-hydrogen) atoms. The zero-order valence-electron chi connectivity index (χ0n) is 15.6. The van der Waals surface area contributed by atoms with E-state index < -0.39 is 17.7 Å². The summed E-state index contributed by atoms with van der Waals surface area (Å²) in [6, 6.07) is 10.0. The number of benzene rings is 2. The summed E-state index contributed by atoms with van der Waals surface area (Å²) in [7, 11) is 1.61. The molecule has 0 spiro atoms. The molecule has 0 bridgehead atoms. The second-order valence-electron chi connectivity index (χ2n) is 6.40. The van der Waals surface area contributed by atoms with Crippen LogP contribution in [0.25, 0.3) is 0 Å². The number of urea groups is 1. The van der Waals surface area contributed by atoms with Crippen molar-refractivity contribution >= 4 is 11.7 Å². The van der Waals surface area contributed by atoms with Gasteiger partial charge in [-0.3, -0.25) is 4.90 Å². The fourth-order valence-electron chi connectivity index (χ4n) is 3.12. The van der Waals surface area contributed by atoms with Crippen LogP contribution in [0.2, 0.25) is 0 Å². The number of methoxy groups -OCH3 is 1. The Morgan fingerprint density at radius 1 is 1.18 bits per heavy atom. The molecule has 1 heterocycles. The molecule has 0 aromatic heterocycles. The van der Waals surface area contributed by atoms with Gasteiger partial charge in [0, 0.05) is 25.7 Å². The first-order valence-corrected chi connectivity index (χ1v) is 9.02. The van der Waals surface area contributed by atoms with Crippen LogP contribution < -0.4 is 15.4 Å². The van der Waals surface area contributed by atoms with E-state index in [1.807, 2.05) is 24.3 Å². The number of hydrogen-bond donors (Lipinski definition) is 2. The van der Waals surface area contributed by atoms with Gasteiger partial charge >= 0.3 is 6.03 Å². The van der Waals surface area contributed by atoms with Gasteiger partial charge in [-0.2, -0.15) is 0 Å². The number of nitrogens with zero attached hydrogens (tertiary/aromatic N) is 1. The Morgan fingerprint density at radius 3 is 2.54 bits per heavy atom. The maximum absolute atomic E-state index is 13.7. The Balaban J connectivity index is 1.67. The molecule has 1 aliphatic heterocycles. The fourth-order valence-corrected chi connectivity index (χ4v) is 3.12. The molecule has 1 fully saturated rings. The summed E-state index contributed by atoms with van der Waals surface area (Å²) in [4.78, 5) is 14.4. The maximum Gasteiger partial charge on any atom is 0.319 e. The molecule has 6 nitrogen and oxygen atoms in total. The third kappa shape index (κ3) is 5.17. The minimum atomic E-state index is -0.824. The first-order valence-electron chi connectivity index (χ1n) is 9.02. The molecule has 2 amide bonds. The summed E-state index contributed by atoms with van der Waals surface area (Å²) >= 11 is 0. The number of nitrogens with one attached hydrogen (secondary N) is 2. The lowest BCUT2D eigenvalue weighted by atomic mass is 10.0. The van der Waals surface area contributed by atoms with Crippen molar-refractivity contribution in [1.29, 1.82) is 0 Å². The molecule has 0 saturated carbocycles. The summed E-state index contributed by atoms with van der Waals surface area (Å²) in [6.07, 6.45) is 0. The minimum Gasteiger partial charge on any atom is -0.497 e. The van der Waals surface area contributed by atoms with Gasteiger partial charge in [0.25, 0.3) is 0 Å². The first-order chi connectivity index (χ1) is 13.6. The van der Waals surface area contributed by atoms with E-state index in [1.165, 1.54) is 6.07 Å². The molecule has 2 aromatic carbocycles. The number of morpholine rings is 1. The third-order valence-electron chi connectivity index (χ3n) is 4.62. The van der Waals surface area contributed by atoms with E-state index >= 15 is 0 Å². The topological polar surface area (TPSA) is 62.8 Å². The number of amides is 2. The van der Waals surface area contributed by atoms with Gasteiger partial charge in [0.05, 0.1) is 32.1 Å². The molecule has 0 aliphatic carbocycles. The van der Waals surface area contributed by atoms with Crippen molar-refractivity contribution in [3.8, 4) is 5.75 Å². The molecule has 1 atom stereocenters. The lowest BCUT2D eigenvalue weighted by Crippen LogP contribution is -2.44. The lowest BCUT2D eigenvalue weighted by molar-refractivity contribution is 0.0167. The Bertz CT molecular complexity index is 796. The molecule has 3 rings (SSSR count). The standard InChI is InChI=1S/C20H23F2N3O3/c1-27-16-5-2-14(3-6-16)19(25-8-10-28-11-9-25)13-23-20(26)24-18-7-4-15(21)12-17(18)22/h2-7,12,19H,8-11,13H2,1H3,(H2,23,24,26). The van der Waals surface area contributed by atoms with Crippen LogP contribution in [0.1, 0.15) is 11.6 Å². The first kappa shape index (κ1) is 20.0. The van der Waals surface area contributed by atoms with Crippen LogP contribution in [0.5, 0.6) is 5.75 Å². The van der Waals surface area contributed by atoms with Crippen LogP contribution in [0.15, 0.2) is 42.5 Å². The Morgan fingerprint density at radius 2 is 1.89 bits per heavy atom. The third-order valence-corrected chi connectivity index (χ3v) is 4.62. The van der Waals surface area contributed by atoms with Crippen molar-refractivity contribution < 1.29 is 23.0 Å². The van der Waals surface area contributed by atoms with Crippen molar-refractivity contribution in [1.82, 2.24) is 10.2 Å². The van der Waals surface area contributed by atoms with Crippen molar-refractivity contribution in [2.45, 2.75) is 6.04 Å². The largest absolute Gasteiger partial charge is 0.497 e. The SMILES string of the molecule is COc1ccc(C(CNC(=O)Nc2ccc(F)cc2F)N2CCOCC2)cc1. The van der Waals surface area contributed by atoms with Crippen LogP contribution >= 0.6 is 0 Å². The Labute approximate surface area is 162 Å². The van der Waals surface area contributed by atoms with Gasteiger partial charge in [0.15, 0.2) is 0 Å². The highest BCUT2D eigenvalue weighted by molar-refractivity contribution is 5.89. The summed E-state index contributed by atoms with van der Waals surface area (Å²) in [5, 5.41) is 5.18. The molecule has 1 unspecified atom stereocenters. The van der Waals surface area contributed by atoms with Crippen LogP contribution in [0, 0.1) is 11.6 Å². The summed E-state index contributed by atoms with van der Waals surface area (Å²) in [5.74, 6) is -0.771. The number of halogens is 2. The number of rotatable bonds is 6. The van der Waals surface area contributed by atoms with Crippen molar-refractivity contribution in [3.05, 3.63) is 59.7 Å². The smallest absolute Gasteiger partial charge is 0.319 e. The Hall–Kier alpha value is -2.71. The summed E-state index contributed by atoms with van der Waals surface area (Å²) in [6.45, 7) is 3.05. The van der Waals surface area contributed by atoms with Crippen LogP contribution in [0.3, 0.4) is 0 Å². The fraction of sp³-hybridized carbons (Fsp3) is 0.350. The van der Waals surface area contributed by atoms with Gasteiger partial charge in [-0.25, -0.2) is 13.6 Å². The van der Waals surface area contributed by atoms with Gasteiger partial charge in [0.2, 0.25) is 0 Å². The predicted molar refractivity (Wildman–Crippen MR) is 102 cm³/mol. The van der Waals surface area contributed by atoms with Gasteiger partial charge in [-0.1, -0.05) is 12.1 Å². The molecule has 8 heteroatoms. The van der Waals surface area contributed by atoms with Gasteiger partial charge < -0.3 is 20.1 Å². The quantitative estimate of drug-likeness (QED) is 0.794. The lowest BCUT2D eigenvalue weighted by Gasteiger charge is -2.35. The second-order valence-corrected chi connectivity index (χ2v) is 6.40. The second kappa shape index (κ2) is 9.48. The van der Waals surface area contributed by atoms with Crippen molar-refractivity contribution in [3.63, 3.8) is 0 Å². The predicted octanol–water partition coefficient (Wildman–Crippen LogP) is 3.17. The van der Waals surface area contributed by atoms with Crippen molar-refractivity contribution in [2.24, 2.45) is 0 Å². The highest BCUT2D eigenvalue weighted by atomic mass is 19.1. The Kier molecular flexibility index (Phi) is 6.78. The van der Waals surface area contributed by atoms with Gasteiger partial charge in [0.1, 0.15) is 17.4 Å². The average Bonchev–Trinajstić information content (AvgIpc) is 2.71. The molecular formula is C20H23F2N3O3. The van der Waals surface area contributed by atoms with Gasteiger partial charge in [-0.05, 0) is 29.8 Å². The molecule has 0 radical (unpaired) electrons. The van der Waals surface area contributed by atoms with E-state index in [0.29, 0.717) is 19.8 Å². The average molecular weight is 391 g/mol. The van der Waals surface area contributed by atoms with Crippen LogP contribution in [-0.2, 0) is 4.74 Å². The highest BCUT2D eigenvalue weighted by Gasteiger charge is 2.23. The molecule has 1 aliphatic rings. The van der Waals surface area contributed by atoms with Crippen LogP contribution in [0.4, 0.5) is 19.3 Å². The number of carbonyl (C=O) groups excluding carboxylic acids is 1. The number of hydrogen-bond acceptors (Lipinski definition) is 4. The van der Waals surface area contributed by atoms with E-state index in [1.54, 1.807) is 7.11 Å². The summed E-state index contributed by atoms with van der Waals surface area (Å²) in [5.41, 5.74) is 0.947. The molecule has 1 saturated heterocycles. The van der Waals surface area contributed by atoms with E-state index in [-0.39, 0.29) is 11.7 Å². The highest BCUT2D eigenvalue weighted by Crippen LogP contribution is 2.24. The zero-order valence-corrected chi connectivity index (χ0v) is 15.6. The molecule has 2 N–H and O–H groups in total. The van der Waals surface area contributed by atoms with Gasteiger partial charge in [-0.15, -0.1) is 0 Å².